The highest BCUT2D eigenvalue weighted by molar-refractivity contribution is 5.85. The summed E-state index contributed by atoms with van der Waals surface area (Å²) in [6, 6.07) is 21.8. The molecule has 1 aliphatic heterocycles. The van der Waals surface area contributed by atoms with Crippen LogP contribution in [0.3, 0.4) is 0 Å². The van der Waals surface area contributed by atoms with E-state index in [4.69, 9.17) is 13.9 Å². The van der Waals surface area contributed by atoms with Crippen LogP contribution in [0.5, 0.6) is 5.75 Å². The van der Waals surface area contributed by atoms with Gasteiger partial charge >= 0.3 is 5.97 Å². The fourth-order valence-corrected chi connectivity index (χ4v) is 4.51. The molecule has 0 saturated carbocycles. The first kappa shape index (κ1) is 22.2. The zero-order valence-electron chi connectivity index (χ0n) is 19.1. The summed E-state index contributed by atoms with van der Waals surface area (Å²) in [4.78, 5) is 16.4. The van der Waals surface area contributed by atoms with Gasteiger partial charge in [0.05, 0.1) is 12.3 Å². The lowest BCUT2D eigenvalue weighted by molar-refractivity contribution is -0.159. The van der Waals surface area contributed by atoms with Crippen molar-refractivity contribution in [3.05, 3.63) is 83.7 Å². The quantitative estimate of drug-likeness (QED) is 0.371. The second-order valence-electron chi connectivity index (χ2n) is 8.76. The molecule has 5 rings (SSSR count). The number of oxazole rings is 1. The molecular formula is C28H27NO5. The van der Waals surface area contributed by atoms with E-state index in [0.717, 1.165) is 45.5 Å². The summed E-state index contributed by atoms with van der Waals surface area (Å²) in [6.45, 7) is 2.92. The van der Waals surface area contributed by atoms with E-state index in [1.807, 2.05) is 73.7 Å². The van der Waals surface area contributed by atoms with Crippen molar-refractivity contribution in [2.45, 2.75) is 38.2 Å². The van der Waals surface area contributed by atoms with Crippen LogP contribution in [-0.4, -0.2) is 34.9 Å². The van der Waals surface area contributed by atoms with Gasteiger partial charge in [0.2, 0.25) is 5.89 Å². The highest BCUT2D eigenvalue weighted by Gasteiger charge is 2.42. The smallest absolute Gasteiger partial charge is 0.336 e. The average Bonchev–Trinajstić information content (AvgIpc) is 3.47. The van der Waals surface area contributed by atoms with E-state index >= 15 is 0 Å². The van der Waals surface area contributed by atoms with Crippen LogP contribution in [0.25, 0.3) is 22.2 Å². The summed E-state index contributed by atoms with van der Waals surface area (Å²) in [6.07, 6.45) is 2.35. The molecule has 0 amide bonds. The van der Waals surface area contributed by atoms with Gasteiger partial charge in [0, 0.05) is 25.0 Å². The van der Waals surface area contributed by atoms with Gasteiger partial charge in [0.15, 0.2) is 5.60 Å². The van der Waals surface area contributed by atoms with Crippen molar-refractivity contribution in [2.24, 2.45) is 0 Å². The van der Waals surface area contributed by atoms with E-state index in [1.54, 1.807) is 0 Å². The molecule has 1 aromatic heterocycles. The van der Waals surface area contributed by atoms with Crippen LogP contribution in [0.1, 0.15) is 29.9 Å². The summed E-state index contributed by atoms with van der Waals surface area (Å²) in [5.74, 6) is 1.33. The Morgan fingerprint density at radius 2 is 1.88 bits per heavy atom. The third kappa shape index (κ3) is 4.54. The van der Waals surface area contributed by atoms with Gasteiger partial charge in [-0.25, -0.2) is 9.78 Å². The fraction of sp³-hybridized carbons (Fsp3) is 0.286. The van der Waals surface area contributed by atoms with Crippen LogP contribution in [0.4, 0.5) is 0 Å². The van der Waals surface area contributed by atoms with Crippen molar-refractivity contribution in [3.63, 3.8) is 0 Å². The maximum Gasteiger partial charge on any atom is 0.336 e. The van der Waals surface area contributed by atoms with Gasteiger partial charge in [-0.3, -0.25) is 0 Å². The van der Waals surface area contributed by atoms with Crippen molar-refractivity contribution in [2.75, 3.05) is 13.2 Å². The molecule has 0 radical (unpaired) electrons. The fourth-order valence-electron chi connectivity index (χ4n) is 4.51. The van der Waals surface area contributed by atoms with E-state index in [-0.39, 0.29) is 0 Å². The predicted molar refractivity (Wildman–Crippen MR) is 129 cm³/mol. The first-order valence-electron chi connectivity index (χ1n) is 11.6. The SMILES string of the molecule is Cc1oc(-c2ccccc2)nc1CCOc1ccc2cc(CC3(C(=O)O)CCCO3)ccc2c1. The first-order valence-corrected chi connectivity index (χ1v) is 11.6. The molecule has 1 saturated heterocycles. The topological polar surface area (TPSA) is 81.8 Å². The highest BCUT2D eigenvalue weighted by Crippen LogP contribution is 2.31. The number of nitrogens with zero attached hydrogens (tertiary/aromatic N) is 1. The van der Waals surface area contributed by atoms with Gasteiger partial charge in [-0.2, -0.15) is 0 Å². The van der Waals surface area contributed by atoms with E-state index in [2.05, 4.69) is 4.98 Å². The summed E-state index contributed by atoms with van der Waals surface area (Å²) >= 11 is 0. The molecule has 34 heavy (non-hydrogen) atoms. The summed E-state index contributed by atoms with van der Waals surface area (Å²) < 4.78 is 17.4. The number of carbonyl (C=O) groups is 1. The molecule has 0 bridgehead atoms. The molecule has 3 aromatic carbocycles. The Labute approximate surface area is 198 Å². The summed E-state index contributed by atoms with van der Waals surface area (Å²) in [5, 5.41) is 11.8. The molecule has 6 nitrogen and oxygen atoms in total. The minimum Gasteiger partial charge on any atom is -0.493 e. The number of fused-ring (bicyclic) bond motifs is 1. The van der Waals surface area contributed by atoms with Gasteiger partial charge in [0.1, 0.15) is 11.5 Å². The van der Waals surface area contributed by atoms with Crippen molar-refractivity contribution in [3.8, 4) is 17.2 Å². The molecule has 1 aliphatic rings. The molecule has 0 spiro atoms. The number of aryl methyl sites for hydroxylation is 1. The number of aliphatic carboxylic acids is 1. The lowest BCUT2D eigenvalue weighted by atomic mass is 9.91. The lowest BCUT2D eigenvalue weighted by Gasteiger charge is -2.23. The number of carboxylic acid groups (broad SMARTS) is 1. The summed E-state index contributed by atoms with van der Waals surface area (Å²) in [7, 11) is 0. The molecule has 0 aliphatic carbocycles. The maximum absolute atomic E-state index is 11.8. The Morgan fingerprint density at radius 1 is 1.09 bits per heavy atom. The van der Waals surface area contributed by atoms with Crippen LogP contribution >= 0.6 is 0 Å². The van der Waals surface area contributed by atoms with Crippen LogP contribution in [0.15, 0.2) is 71.1 Å². The van der Waals surface area contributed by atoms with Gasteiger partial charge in [-0.15, -0.1) is 0 Å². The number of hydrogen-bond donors (Lipinski definition) is 1. The van der Waals surface area contributed by atoms with Crippen molar-refractivity contribution < 1.29 is 23.8 Å². The molecule has 1 N–H and O–H groups in total. The number of hydrogen-bond acceptors (Lipinski definition) is 5. The molecule has 1 unspecified atom stereocenters. The van der Waals surface area contributed by atoms with Crippen LogP contribution < -0.4 is 4.74 Å². The predicted octanol–water partition coefficient (Wildman–Crippen LogP) is 5.60. The summed E-state index contributed by atoms with van der Waals surface area (Å²) in [5.41, 5.74) is 1.71. The molecule has 4 aromatic rings. The Balaban J connectivity index is 1.24. The van der Waals surface area contributed by atoms with E-state index < -0.39 is 11.6 Å². The van der Waals surface area contributed by atoms with E-state index in [0.29, 0.717) is 38.4 Å². The third-order valence-corrected chi connectivity index (χ3v) is 6.38. The molecule has 2 heterocycles. The van der Waals surface area contributed by atoms with Crippen molar-refractivity contribution >= 4 is 16.7 Å². The van der Waals surface area contributed by atoms with E-state index in [9.17, 15) is 9.90 Å². The Hall–Kier alpha value is -3.64. The standard InChI is InChI=1S/C28H27NO5/c1-19-25(29-26(34-19)21-6-3-2-4-7-21)12-15-32-24-11-10-22-16-20(8-9-23(22)17-24)18-28(27(30)31)13-5-14-33-28/h2-4,6-11,16-17H,5,12-15,18H2,1H3,(H,30,31). The van der Waals surface area contributed by atoms with Crippen molar-refractivity contribution in [1.82, 2.24) is 4.98 Å². The largest absolute Gasteiger partial charge is 0.493 e. The molecule has 6 heteroatoms. The minimum absolute atomic E-state index is 0.374. The number of aromatic nitrogens is 1. The molecule has 1 atom stereocenters. The Morgan fingerprint density at radius 3 is 2.65 bits per heavy atom. The lowest BCUT2D eigenvalue weighted by Crippen LogP contribution is -2.40. The zero-order chi connectivity index (χ0) is 23.5. The normalized spacial score (nSPS) is 17.8. The van der Waals surface area contributed by atoms with Crippen molar-refractivity contribution in [1.29, 1.82) is 0 Å². The average molecular weight is 458 g/mol. The number of benzene rings is 3. The number of ether oxygens (including phenoxy) is 2. The van der Waals surface area contributed by atoms with Crippen LogP contribution in [-0.2, 0) is 22.4 Å². The van der Waals surface area contributed by atoms with E-state index in [1.165, 1.54) is 0 Å². The molecular weight excluding hydrogens is 430 g/mol. The highest BCUT2D eigenvalue weighted by atomic mass is 16.5. The Bertz CT molecular complexity index is 1310. The monoisotopic (exact) mass is 457 g/mol. The molecule has 174 valence electrons. The third-order valence-electron chi connectivity index (χ3n) is 6.38. The molecule has 1 fully saturated rings. The van der Waals surface area contributed by atoms with Crippen LogP contribution in [0, 0.1) is 6.92 Å². The minimum atomic E-state index is -1.10. The van der Waals surface area contributed by atoms with Gasteiger partial charge in [-0.05, 0) is 60.4 Å². The number of rotatable bonds is 8. The second kappa shape index (κ2) is 9.31. The number of carboxylic acids is 1. The Kier molecular flexibility index (Phi) is 6.07. The maximum atomic E-state index is 11.8. The second-order valence-corrected chi connectivity index (χ2v) is 8.76. The zero-order valence-corrected chi connectivity index (χ0v) is 19.1. The van der Waals surface area contributed by atoms with Crippen LogP contribution in [0.2, 0.25) is 0 Å². The van der Waals surface area contributed by atoms with Gasteiger partial charge in [-0.1, -0.05) is 42.5 Å². The van der Waals surface area contributed by atoms with Gasteiger partial charge in [0.25, 0.3) is 0 Å². The van der Waals surface area contributed by atoms with Gasteiger partial charge < -0.3 is 19.0 Å². The first-order chi connectivity index (χ1) is 16.5.